The van der Waals surface area contributed by atoms with E-state index >= 15 is 0 Å². The fraction of sp³-hybridized carbons (Fsp3) is 0.259. The molecule has 32 heavy (non-hydrogen) atoms. The number of amides is 2. The molecule has 1 N–H and O–H groups in total. The zero-order valence-corrected chi connectivity index (χ0v) is 18.7. The van der Waals surface area contributed by atoms with Gasteiger partial charge in [0.05, 0.1) is 7.11 Å². The van der Waals surface area contributed by atoms with Crippen LogP contribution in [-0.2, 0) is 22.7 Å². The molecule has 0 aliphatic rings. The highest BCUT2D eigenvalue weighted by Crippen LogP contribution is 2.25. The maximum Gasteiger partial charge on any atom is 0.247 e. The summed E-state index contributed by atoms with van der Waals surface area (Å²) in [5.41, 5.74) is 2.73. The van der Waals surface area contributed by atoms with Crippen LogP contribution in [0.4, 0.5) is 0 Å². The van der Waals surface area contributed by atoms with Crippen molar-refractivity contribution in [2.24, 2.45) is 0 Å². The van der Waals surface area contributed by atoms with Crippen LogP contribution in [0.25, 0.3) is 0 Å². The number of hydrogen-bond acceptors (Lipinski definition) is 3. The number of carbonyl (C=O) groups is 2. The second-order valence-corrected chi connectivity index (χ2v) is 7.64. The van der Waals surface area contributed by atoms with Gasteiger partial charge in [0, 0.05) is 19.5 Å². The Morgan fingerprint density at radius 2 is 1.50 bits per heavy atom. The van der Waals surface area contributed by atoms with Crippen molar-refractivity contribution in [3.8, 4) is 5.75 Å². The predicted molar refractivity (Wildman–Crippen MR) is 126 cm³/mol. The molecule has 0 saturated heterocycles. The number of carbonyl (C=O) groups excluding carboxylic acids is 2. The minimum Gasteiger partial charge on any atom is -0.497 e. The van der Waals surface area contributed by atoms with Crippen molar-refractivity contribution >= 4 is 11.8 Å². The van der Waals surface area contributed by atoms with Gasteiger partial charge in [-0.2, -0.15) is 0 Å². The van der Waals surface area contributed by atoms with Crippen LogP contribution in [-0.4, -0.2) is 23.8 Å². The lowest BCUT2D eigenvalue weighted by atomic mass is 10.0. The van der Waals surface area contributed by atoms with Gasteiger partial charge in [0.25, 0.3) is 0 Å². The van der Waals surface area contributed by atoms with Crippen LogP contribution >= 0.6 is 0 Å². The summed E-state index contributed by atoms with van der Waals surface area (Å²) < 4.78 is 5.24. The SMILES string of the molecule is CCCC(=O)N(Cc1ccc(OC)cc1)[C@H](C(=O)NCc1ccccc1)c1ccccc1. The maximum atomic E-state index is 13.4. The molecular formula is C27H30N2O3. The molecule has 0 aliphatic carbocycles. The van der Waals surface area contributed by atoms with Crippen LogP contribution in [0.15, 0.2) is 84.9 Å². The molecule has 3 aromatic rings. The lowest BCUT2D eigenvalue weighted by molar-refractivity contribution is -0.141. The van der Waals surface area contributed by atoms with E-state index in [4.69, 9.17) is 4.74 Å². The van der Waals surface area contributed by atoms with E-state index in [1.807, 2.05) is 91.9 Å². The third kappa shape index (κ3) is 6.20. The van der Waals surface area contributed by atoms with Crippen LogP contribution in [0.3, 0.4) is 0 Å². The highest BCUT2D eigenvalue weighted by Gasteiger charge is 2.31. The van der Waals surface area contributed by atoms with Crippen molar-refractivity contribution in [1.29, 1.82) is 0 Å². The summed E-state index contributed by atoms with van der Waals surface area (Å²) >= 11 is 0. The molecule has 2 amide bonds. The Bertz CT molecular complexity index is 988. The monoisotopic (exact) mass is 430 g/mol. The summed E-state index contributed by atoms with van der Waals surface area (Å²) in [7, 11) is 1.62. The number of methoxy groups -OCH3 is 1. The second kappa shape index (κ2) is 11.7. The first kappa shape index (κ1) is 23.1. The maximum absolute atomic E-state index is 13.4. The molecule has 0 radical (unpaired) electrons. The number of rotatable bonds is 10. The highest BCUT2D eigenvalue weighted by molar-refractivity contribution is 5.88. The van der Waals surface area contributed by atoms with Gasteiger partial charge in [-0.15, -0.1) is 0 Å². The third-order valence-corrected chi connectivity index (χ3v) is 5.28. The summed E-state index contributed by atoms with van der Waals surface area (Å²) in [5, 5.41) is 3.03. The van der Waals surface area contributed by atoms with Crippen molar-refractivity contribution < 1.29 is 14.3 Å². The van der Waals surface area contributed by atoms with Gasteiger partial charge in [0.15, 0.2) is 0 Å². The number of nitrogens with zero attached hydrogens (tertiary/aromatic N) is 1. The van der Waals surface area contributed by atoms with E-state index in [2.05, 4.69) is 5.32 Å². The Morgan fingerprint density at radius 3 is 2.09 bits per heavy atom. The molecule has 0 fully saturated rings. The molecule has 0 bridgehead atoms. The first-order chi connectivity index (χ1) is 15.6. The van der Waals surface area contributed by atoms with Gasteiger partial charge in [-0.05, 0) is 35.2 Å². The Morgan fingerprint density at radius 1 is 0.875 bits per heavy atom. The zero-order chi connectivity index (χ0) is 22.8. The van der Waals surface area contributed by atoms with Crippen LogP contribution < -0.4 is 10.1 Å². The van der Waals surface area contributed by atoms with Crippen LogP contribution in [0.5, 0.6) is 5.75 Å². The van der Waals surface area contributed by atoms with Gasteiger partial charge < -0.3 is 15.0 Å². The molecular weight excluding hydrogens is 400 g/mol. The third-order valence-electron chi connectivity index (χ3n) is 5.28. The van der Waals surface area contributed by atoms with Gasteiger partial charge in [0.1, 0.15) is 11.8 Å². The fourth-order valence-electron chi connectivity index (χ4n) is 3.60. The van der Waals surface area contributed by atoms with Gasteiger partial charge in [0.2, 0.25) is 11.8 Å². The Balaban J connectivity index is 1.90. The quantitative estimate of drug-likeness (QED) is 0.499. The van der Waals surface area contributed by atoms with E-state index in [-0.39, 0.29) is 11.8 Å². The summed E-state index contributed by atoms with van der Waals surface area (Å²) in [5.74, 6) is 0.505. The molecule has 1 atom stereocenters. The predicted octanol–water partition coefficient (Wildman–Crippen LogP) is 4.88. The lowest BCUT2D eigenvalue weighted by Gasteiger charge is -2.31. The number of benzene rings is 3. The first-order valence-electron chi connectivity index (χ1n) is 10.9. The normalized spacial score (nSPS) is 11.4. The molecule has 0 saturated carbocycles. The number of ether oxygens (including phenoxy) is 1. The van der Waals surface area contributed by atoms with Crippen LogP contribution in [0.2, 0.25) is 0 Å². The lowest BCUT2D eigenvalue weighted by Crippen LogP contribution is -2.43. The minimum absolute atomic E-state index is 0.0490. The average molecular weight is 431 g/mol. The van der Waals surface area contributed by atoms with E-state index in [9.17, 15) is 9.59 Å². The number of hydrogen-bond donors (Lipinski definition) is 1. The first-order valence-corrected chi connectivity index (χ1v) is 10.9. The molecule has 5 nitrogen and oxygen atoms in total. The summed E-state index contributed by atoms with van der Waals surface area (Å²) in [4.78, 5) is 28.3. The van der Waals surface area contributed by atoms with Crippen LogP contribution in [0.1, 0.15) is 42.5 Å². The van der Waals surface area contributed by atoms with Gasteiger partial charge in [-0.25, -0.2) is 0 Å². The number of nitrogens with one attached hydrogen (secondary N) is 1. The smallest absolute Gasteiger partial charge is 0.247 e. The average Bonchev–Trinajstić information content (AvgIpc) is 2.84. The highest BCUT2D eigenvalue weighted by atomic mass is 16.5. The van der Waals surface area contributed by atoms with Gasteiger partial charge in [-0.1, -0.05) is 79.7 Å². The fourth-order valence-corrected chi connectivity index (χ4v) is 3.60. The second-order valence-electron chi connectivity index (χ2n) is 7.64. The van der Waals surface area contributed by atoms with E-state index in [0.29, 0.717) is 25.9 Å². The van der Waals surface area contributed by atoms with Gasteiger partial charge in [-0.3, -0.25) is 9.59 Å². The van der Waals surface area contributed by atoms with E-state index in [0.717, 1.165) is 22.4 Å². The van der Waals surface area contributed by atoms with Gasteiger partial charge >= 0.3 is 0 Å². The summed E-state index contributed by atoms with van der Waals surface area (Å²) in [6, 6.07) is 26.1. The Hall–Kier alpha value is -3.60. The molecule has 3 aromatic carbocycles. The molecule has 166 valence electrons. The molecule has 0 heterocycles. The molecule has 0 aliphatic heterocycles. The van der Waals surface area contributed by atoms with Crippen molar-refractivity contribution in [2.45, 2.75) is 38.9 Å². The Kier molecular flexibility index (Phi) is 8.44. The zero-order valence-electron chi connectivity index (χ0n) is 18.7. The molecule has 0 spiro atoms. The van der Waals surface area contributed by atoms with Crippen molar-refractivity contribution in [3.63, 3.8) is 0 Å². The van der Waals surface area contributed by atoms with E-state index in [1.54, 1.807) is 12.0 Å². The molecule has 0 unspecified atom stereocenters. The largest absolute Gasteiger partial charge is 0.497 e. The van der Waals surface area contributed by atoms with Crippen LogP contribution in [0, 0.1) is 0 Å². The molecule has 3 rings (SSSR count). The topological polar surface area (TPSA) is 58.6 Å². The molecule has 5 heteroatoms. The van der Waals surface area contributed by atoms with E-state index < -0.39 is 6.04 Å². The summed E-state index contributed by atoms with van der Waals surface area (Å²) in [6.45, 7) is 2.71. The van der Waals surface area contributed by atoms with Crippen molar-refractivity contribution in [1.82, 2.24) is 10.2 Å². The standard InChI is InChI=1S/C27H30N2O3/c1-3-10-25(30)29(20-22-15-17-24(32-2)18-16-22)26(23-13-8-5-9-14-23)27(31)28-19-21-11-6-4-7-12-21/h4-9,11-18,26H,3,10,19-20H2,1-2H3,(H,28,31)/t26-/m0/s1. The Labute approximate surface area is 190 Å². The molecule has 0 aromatic heterocycles. The van der Waals surface area contributed by atoms with E-state index in [1.165, 1.54) is 0 Å². The van der Waals surface area contributed by atoms with Crippen molar-refractivity contribution in [3.05, 3.63) is 102 Å². The summed E-state index contributed by atoms with van der Waals surface area (Å²) in [6.07, 6.45) is 1.09. The minimum atomic E-state index is -0.721. The van der Waals surface area contributed by atoms with Crippen molar-refractivity contribution in [2.75, 3.05) is 7.11 Å².